The average Bonchev–Trinajstić information content (AvgIpc) is 2.32. The summed E-state index contributed by atoms with van der Waals surface area (Å²) in [7, 11) is 6.55. The van der Waals surface area contributed by atoms with E-state index in [1.807, 2.05) is 0 Å². The summed E-state index contributed by atoms with van der Waals surface area (Å²) in [5.74, 6) is 0.550. The molecule has 2 nitrogen and oxygen atoms in total. The van der Waals surface area contributed by atoms with Crippen LogP contribution in [-0.2, 0) is 5.88 Å². The molecule has 0 N–H and O–H groups in total. The second-order valence-electron chi connectivity index (χ2n) is 5.74. The van der Waals surface area contributed by atoms with Gasteiger partial charge in [0.15, 0.2) is 0 Å². The van der Waals surface area contributed by atoms with Crippen LogP contribution in [-0.4, -0.2) is 38.1 Å². The number of anilines is 1. The maximum Gasteiger partial charge on any atom is 0.0494 e. The minimum atomic E-state index is 0.339. The summed E-state index contributed by atoms with van der Waals surface area (Å²) in [6, 6.07) is 6.36. The summed E-state index contributed by atoms with van der Waals surface area (Å²) in [5.41, 5.74) is 2.77. The standard InChI is InChI=1S/C15H22BrClN2/c1-18(2)15(7-4-8-15)11-19(3)14-6-5-13(16)9-12(14)10-17/h5-6,9H,4,7-8,10-11H2,1-3H3. The van der Waals surface area contributed by atoms with E-state index in [4.69, 9.17) is 11.6 Å². The molecule has 0 atom stereocenters. The lowest BCUT2D eigenvalue weighted by atomic mass is 9.75. The fourth-order valence-electron chi connectivity index (χ4n) is 2.89. The zero-order chi connectivity index (χ0) is 14.0. The van der Waals surface area contributed by atoms with Crippen molar-refractivity contribution in [2.45, 2.75) is 30.7 Å². The van der Waals surface area contributed by atoms with Gasteiger partial charge in [-0.3, -0.25) is 0 Å². The predicted octanol–water partition coefficient (Wildman–Crippen LogP) is 4.11. The molecule has 1 aromatic rings. The molecule has 0 aliphatic heterocycles. The van der Waals surface area contributed by atoms with Crippen molar-refractivity contribution in [1.82, 2.24) is 4.90 Å². The highest BCUT2D eigenvalue weighted by Crippen LogP contribution is 2.38. The van der Waals surface area contributed by atoms with Crippen molar-refractivity contribution in [2.24, 2.45) is 0 Å². The Balaban J connectivity index is 2.18. The number of hydrogen-bond donors (Lipinski definition) is 0. The third kappa shape index (κ3) is 3.09. The quantitative estimate of drug-likeness (QED) is 0.741. The van der Waals surface area contributed by atoms with E-state index in [-0.39, 0.29) is 0 Å². The fraction of sp³-hybridized carbons (Fsp3) is 0.600. The third-order valence-electron chi connectivity index (χ3n) is 4.36. The first-order valence-electron chi connectivity index (χ1n) is 6.71. The number of likely N-dealkylation sites (N-methyl/N-ethyl adjacent to an activating group) is 2. The largest absolute Gasteiger partial charge is 0.372 e. The van der Waals surface area contributed by atoms with Crippen LogP contribution in [0.15, 0.2) is 22.7 Å². The van der Waals surface area contributed by atoms with E-state index in [2.05, 4.69) is 65.1 Å². The summed E-state index contributed by atoms with van der Waals surface area (Å²) in [5, 5.41) is 0. The number of benzene rings is 1. The predicted molar refractivity (Wildman–Crippen MR) is 87.2 cm³/mol. The molecule has 0 bridgehead atoms. The van der Waals surface area contributed by atoms with Crippen LogP contribution >= 0.6 is 27.5 Å². The molecule has 0 heterocycles. The van der Waals surface area contributed by atoms with Crippen LogP contribution in [0.2, 0.25) is 0 Å². The van der Waals surface area contributed by atoms with Crippen molar-refractivity contribution in [3.05, 3.63) is 28.2 Å². The van der Waals surface area contributed by atoms with E-state index in [1.54, 1.807) is 0 Å². The van der Waals surface area contributed by atoms with Gasteiger partial charge in [-0.05, 0) is 57.1 Å². The van der Waals surface area contributed by atoms with Crippen molar-refractivity contribution in [1.29, 1.82) is 0 Å². The molecule has 0 radical (unpaired) electrons. The molecule has 106 valence electrons. The Labute approximate surface area is 129 Å². The van der Waals surface area contributed by atoms with Gasteiger partial charge in [0.2, 0.25) is 0 Å². The van der Waals surface area contributed by atoms with Crippen LogP contribution in [0.25, 0.3) is 0 Å². The first-order valence-corrected chi connectivity index (χ1v) is 8.04. The lowest BCUT2D eigenvalue weighted by molar-refractivity contribution is 0.0683. The van der Waals surface area contributed by atoms with E-state index in [0.29, 0.717) is 11.4 Å². The van der Waals surface area contributed by atoms with Gasteiger partial charge in [0, 0.05) is 35.2 Å². The van der Waals surface area contributed by atoms with Crippen molar-refractivity contribution in [3.63, 3.8) is 0 Å². The number of rotatable bonds is 5. The Morgan fingerprint density at radius 3 is 2.42 bits per heavy atom. The van der Waals surface area contributed by atoms with Gasteiger partial charge in [0.25, 0.3) is 0 Å². The minimum Gasteiger partial charge on any atom is -0.372 e. The number of nitrogens with zero attached hydrogens (tertiary/aromatic N) is 2. The zero-order valence-corrected chi connectivity index (χ0v) is 14.3. The fourth-order valence-corrected chi connectivity index (χ4v) is 3.51. The Hall–Kier alpha value is -0.250. The molecule has 0 aromatic heterocycles. The second-order valence-corrected chi connectivity index (χ2v) is 6.92. The SMILES string of the molecule is CN(CC1(N(C)C)CCC1)c1ccc(Br)cc1CCl. The third-order valence-corrected chi connectivity index (χ3v) is 5.14. The summed E-state index contributed by atoms with van der Waals surface area (Å²) >= 11 is 9.58. The molecule has 19 heavy (non-hydrogen) atoms. The summed E-state index contributed by atoms with van der Waals surface area (Å²) in [6.07, 6.45) is 3.92. The highest BCUT2D eigenvalue weighted by molar-refractivity contribution is 9.10. The van der Waals surface area contributed by atoms with Crippen LogP contribution in [0.5, 0.6) is 0 Å². The Kier molecular flexibility index (Phi) is 4.80. The topological polar surface area (TPSA) is 6.48 Å². The number of halogens is 2. The lowest BCUT2D eigenvalue weighted by Crippen LogP contribution is -2.56. The maximum absolute atomic E-state index is 6.07. The first-order chi connectivity index (χ1) is 8.98. The van der Waals surface area contributed by atoms with Crippen molar-refractivity contribution in [3.8, 4) is 0 Å². The van der Waals surface area contributed by atoms with E-state index in [1.165, 1.54) is 30.5 Å². The van der Waals surface area contributed by atoms with Crippen LogP contribution < -0.4 is 4.90 Å². The van der Waals surface area contributed by atoms with Gasteiger partial charge in [0.05, 0.1) is 0 Å². The average molecular weight is 346 g/mol. The molecule has 4 heteroatoms. The summed E-state index contributed by atoms with van der Waals surface area (Å²) < 4.78 is 1.09. The maximum atomic E-state index is 6.07. The van der Waals surface area contributed by atoms with E-state index < -0.39 is 0 Å². The Bertz CT molecular complexity index is 444. The molecule has 0 saturated heterocycles. The molecular weight excluding hydrogens is 324 g/mol. The molecule has 1 aliphatic rings. The van der Waals surface area contributed by atoms with Gasteiger partial charge in [-0.15, -0.1) is 11.6 Å². The monoisotopic (exact) mass is 344 g/mol. The molecule has 1 aromatic carbocycles. The zero-order valence-electron chi connectivity index (χ0n) is 11.9. The molecule has 1 fully saturated rings. The van der Waals surface area contributed by atoms with Crippen molar-refractivity contribution in [2.75, 3.05) is 32.6 Å². The van der Waals surface area contributed by atoms with E-state index in [0.717, 1.165) is 11.0 Å². The van der Waals surface area contributed by atoms with Gasteiger partial charge in [-0.1, -0.05) is 15.9 Å². The summed E-state index contributed by atoms with van der Waals surface area (Å²) in [4.78, 5) is 4.73. The summed E-state index contributed by atoms with van der Waals surface area (Å²) in [6.45, 7) is 1.06. The molecular formula is C15H22BrClN2. The molecule has 0 unspecified atom stereocenters. The molecule has 2 rings (SSSR count). The lowest BCUT2D eigenvalue weighted by Gasteiger charge is -2.49. The van der Waals surface area contributed by atoms with Crippen molar-refractivity contribution < 1.29 is 0 Å². The van der Waals surface area contributed by atoms with Gasteiger partial charge in [-0.2, -0.15) is 0 Å². The second kappa shape index (κ2) is 6.02. The van der Waals surface area contributed by atoms with Gasteiger partial charge in [-0.25, -0.2) is 0 Å². The first kappa shape index (κ1) is 15.1. The minimum absolute atomic E-state index is 0.339. The highest BCUT2D eigenvalue weighted by Gasteiger charge is 2.40. The highest BCUT2D eigenvalue weighted by atomic mass is 79.9. The number of hydrogen-bond acceptors (Lipinski definition) is 2. The Morgan fingerprint density at radius 2 is 1.95 bits per heavy atom. The van der Waals surface area contributed by atoms with Crippen LogP contribution in [0.4, 0.5) is 5.69 Å². The van der Waals surface area contributed by atoms with Crippen LogP contribution in [0, 0.1) is 0 Å². The van der Waals surface area contributed by atoms with Gasteiger partial charge >= 0.3 is 0 Å². The Morgan fingerprint density at radius 1 is 1.26 bits per heavy atom. The molecule has 0 spiro atoms. The van der Waals surface area contributed by atoms with Crippen molar-refractivity contribution >= 4 is 33.2 Å². The van der Waals surface area contributed by atoms with Gasteiger partial charge < -0.3 is 9.80 Å². The number of alkyl halides is 1. The molecule has 1 aliphatic carbocycles. The van der Waals surface area contributed by atoms with Crippen LogP contribution in [0.1, 0.15) is 24.8 Å². The smallest absolute Gasteiger partial charge is 0.0494 e. The van der Waals surface area contributed by atoms with E-state index >= 15 is 0 Å². The molecule has 0 amide bonds. The van der Waals surface area contributed by atoms with Crippen LogP contribution in [0.3, 0.4) is 0 Å². The van der Waals surface area contributed by atoms with Gasteiger partial charge in [0.1, 0.15) is 0 Å². The normalized spacial score (nSPS) is 17.4. The molecule has 1 saturated carbocycles. The van der Waals surface area contributed by atoms with E-state index in [9.17, 15) is 0 Å².